The highest BCUT2D eigenvalue weighted by Crippen LogP contribution is 2.42. The lowest BCUT2D eigenvalue weighted by atomic mass is 10.0. The Bertz CT molecular complexity index is 1160. The molecule has 3 aromatic heterocycles. The fourth-order valence-electron chi connectivity index (χ4n) is 3.92. The first-order valence-corrected chi connectivity index (χ1v) is 10.0. The summed E-state index contributed by atoms with van der Waals surface area (Å²) in [7, 11) is 0. The Morgan fingerprint density at radius 3 is 2.40 bits per heavy atom. The minimum Gasteiger partial charge on any atom is -0.508 e. The lowest BCUT2D eigenvalue weighted by Gasteiger charge is -2.29. The number of anilines is 1. The third-order valence-electron chi connectivity index (χ3n) is 5.25. The van der Waals surface area contributed by atoms with Crippen molar-refractivity contribution in [2.24, 2.45) is 0 Å². The van der Waals surface area contributed by atoms with Crippen LogP contribution in [0.5, 0.6) is 5.75 Å². The molecular formula is C23H19N5OS. The van der Waals surface area contributed by atoms with E-state index in [9.17, 15) is 5.11 Å². The van der Waals surface area contributed by atoms with Crippen molar-refractivity contribution in [1.82, 2.24) is 19.9 Å². The van der Waals surface area contributed by atoms with Crippen molar-refractivity contribution in [3.05, 3.63) is 103 Å². The molecule has 2 N–H and O–H groups in total. The first kappa shape index (κ1) is 18.3. The first-order valence-electron chi connectivity index (χ1n) is 9.60. The molecule has 0 aliphatic carbocycles. The number of aromatic nitrogens is 3. The molecule has 0 spiro atoms. The van der Waals surface area contributed by atoms with Gasteiger partial charge < -0.3 is 19.9 Å². The molecule has 1 aromatic carbocycles. The quantitative estimate of drug-likeness (QED) is 0.490. The minimum atomic E-state index is -0.139. The van der Waals surface area contributed by atoms with Gasteiger partial charge in [-0.05, 0) is 72.9 Å². The van der Waals surface area contributed by atoms with Gasteiger partial charge in [-0.2, -0.15) is 0 Å². The van der Waals surface area contributed by atoms with E-state index in [1.54, 1.807) is 30.7 Å². The fraction of sp³-hybridized carbons (Fsp3) is 0.0870. The maximum atomic E-state index is 9.75. The molecule has 1 saturated heterocycles. The second kappa shape index (κ2) is 7.61. The molecule has 30 heavy (non-hydrogen) atoms. The Balaban J connectivity index is 1.67. The second-order valence-electron chi connectivity index (χ2n) is 7.02. The summed E-state index contributed by atoms with van der Waals surface area (Å²) >= 11 is 5.75. The van der Waals surface area contributed by atoms with E-state index >= 15 is 0 Å². The second-order valence-corrected chi connectivity index (χ2v) is 7.41. The number of thiocarbonyl (C=S) groups is 1. The lowest BCUT2D eigenvalue weighted by molar-refractivity contribution is 0.475. The molecule has 1 fully saturated rings. The molecule has 1 aliphatic rings. The van der Waals surface area contributed by atoms with Crippen LogP contribution >= 0.6 is 12.2 Å². The topological polar surface area (TPSA) is 66.2 Å². The maximum Gasteiger partial charge on any atom is 0.174 e. The number of pyridine rings is 2. The van der Waals surface area contributed by atoms with Crippen molar-refractivity contribution in [2.75, 3.05) is 4.90 Å². The average molecular weight is 414 g/mol. The number of phenols is 1. The van der Waals surface area contributed by atoms with Gasteiger partial charge >= 0.3 is 0 Å². The molecular weight excluding hydrogens is 394 g/mol. The van der Waals surface area contributed by atoms with E-state index in [1.807, 2.05) is 54.7 Å². The van der Waals surface area contributed by atoms with Crippen LogP contribution in [0.15, 0.2) is 91.5 Å². The molecule has 0 bridgehead atoms. The van der Waals surface area contributed by atoms with Crippen molar-refractivity contribution in [3.8, 4) is 11.4 Å². The number of hydrogen-bond donors (Lipinski definition) is 2. The highest BCUT2D eigenvalue weighted by atomic mass is 32.1. The van der Waals surface area contributed by atoms with E-state index in [1.165, 1.54) is 0 Å². The fourth-order valence-corrected chi connectivity index (χ4v) is 4.27. The average Bonchev–Trinajstić information content (AvgIpc) is 3.40. The lowest BCUT2D eigenvalue weighted by Crippen LogP contribution is -2.30. The smallest absolute Gasteiger partial charge is 0.174 e. The molecule has 148 valence electrons. The van der Waals surface area contributed by atoms with Crippen LogP contribution in [-0.2, 0) is 0 Å². The monoisotopic (exact) mass is 413 g/mol. The van der Waals surface area contributed by atoms with Gasteiger partial charge in [-0.3, -0.25) is 9.97 Å². The number of benzene rings is 1. The maximum absolute atomic E-state index is 9.75. The third kappa shape index (κ3) is 3.19. The normalized spacial score (nSPS) is 18.4. The number of rotatable bonds is 4. The van der Waals surface area contributed by atoms with Crippen LogP contribution in [0.3, 0.4) is 0 Å². The summed E-state index contributed by atoms with van der Waals surface area (Å²) in [6, 6.07) is 20.8. The van der Waals surface area contributed by atoms with Crippen molar-refractivity contribution in [1.29, 1.82) is 0 Å². The SMILES string of the molecule is Oc1ccc(N2C(=S)N[C@@H](c3ccccn3)[C@@H]2c2cccn2-c2ccncc2)cc1. The first-order chi connectivity index (χ1) is 14.7. The van der Waals surface area contributed by atoms with Crippen molar-refractivity contribution in [3.63, 3.8) is 0 Å². The van der Waals surface area contributed by atoms with Gasteiger partial charge in [0.1, 0.15) is 11.8 Å². The summed E-state index contributed by atoms with van der Waals surface area (Å²) in [6.45, 7) is 0. The van der Waals surface area contributed by atoms with Crippen LogP contribution in [-0.4, -0.2) is 24.8 Å². The van der Waals surface area contributed by atoms with Crippen LogP contribution in [0, 0.1) is 0 Å². The van der Waals surface area contributed by atoms with Crippen LogP contribution in [0.2, 0.25) is 0 Å². The predicted octanol–water partition coefficient (Wildman–Crippen LogP) is 4.15. The van der Waals surface area contributed by atoms with Gasteiger partial charge in [0.05, 0.1) is 11.7 Å². The molecule has 2 atom stereocenters. The Morgan fingerprint density at radius 1 is 0.867 bits per heavy atom. The molecule has 0 radical (unpaired) electrons. The van der Waals surface area contributed by atoms with E-state index in [4.69, 9.17) is 12.2 Å². The van der Waals surface area contributed by atoms with E-state index < -0.39 is 0 Å². The Hall–Kier alpha value is -3.71. The van der Waals surface area contributed by atoms with Gasteiger partial charge in [0, 0.05) is 41.9 Å². The zero-order valence-corrected chi connectivity index (χ0v) is 16.8. The van der Waals surface area contributed by atoms with Crippen LogP contribution in [0.25, 0.3) is 5.69 Å². The standard InChI is InChI=1S/C23H19N5OS/c29-18-8-6-17(7-9-18)28-22(21(26-23(28)30)19-4-1-2-12-25-19)20-5-3-15-27(20)16-10-13-24-14-11-16/h1-15,21-22,29H,(H,26,30)/t21-,22-/m0/s1. The van der Waals surface area contributed by atoms with Crippen LogP contribution in [0.1, 0.15) is 23.5 Å². The van der Waals surface area contributed by atoms with E-state index in [2.05, 4.69) is 30.8 Å². The van der Waals surface area contributed by atoms with Crippen LogP contribution < -0.4 is 10.2 Å². The molecule has 6 nitrogen and oxygen atoms in total. The summed E-state index contributed by atoms with van der Waals surface area (Å²) in [5.41, 5.74) is 3.90. The molecule has 4 aromatic rings. The van der Waals surface area contributed by atoms with Crippen LogP contribution in [0.4, 0.5) is 5.69 Å². The summed E-state index contributed by atoms with van der Waals surface area (Å²) in [6.07, 6.45) is 7.40. The van der Waals surface area contributed by atoms with Gasteiger partial charge in [-0.25, -0.2) is 0 Å². The highest BCUT2D eigenvalue weighted by molar-refractivity contribution is 7.80. The Kier molecular flexibility index (Phi) is 4.65. The summed E-state index contributed by atoms with van der Waals surface area (Å²) in [4.78, 5) is 10.8. The number of aromatic hydroxyl groups is 1. The molecule has 0 amide bonds. The molecule has 4 heterocycles. The highest BCUT2D eigenvalue weighted by Gasteiger charge is 2.42. The zero-order chi connectivity index (χ0) is 20.5. The number of nitrogens with one attached hydrogen (secondary N) is 1. The van der Waals surface area contributed by atoms with Gasteiger partial charge in [0.2, 0.25) is 0 Å². The molecule has 0 unspecified atom stereocenters. The van der Waals surface area contributed by atoms with Crippen molar-refractivity contribution >= 4 is 23.0 Å². The van der Waals surface area contributed by atoms with E-state index in [0.29, 0.717) is 5.11 Å². The van der Waals surface area contributed by atoms with Gasteiger partial charge in [0.25, 0.3) is 0 Å². The van der Waals surface area contributed by atoms with E-state index in [0.717, 1.165) is 22.8 Å². The third-order valence-corrected chi connectivity index (χ3v) is 5.56. The number of nitrogens with zero attached hydrogens (tertiary/aromatic N) is 4. The largest absolute Gasteiger partial charge is 0.508 e. The number of phenolic OH excluding ortho intramolecular Hbond substituents is 1. The molecule has 1 aliphatic heterocycles. The summed E-state index contributed by atoms with van der Waals surface area (Å²) in [5, 5.41) is 13.8. The zero-order valence-electron chi connectivity index (χ0n) is 16.0. The minimum absolute atomic E-state index is 0.136. The van der Waals surface area contributed by atoms with Gasteiger partial charge in [-0.15, -0.1) is 0 Å². The number of hydrogen-bond acceptors (Lipinski definition) is 4. The van der Waals surface area contributed by atoms with E-state index in [-0.39, 0.29) is 17.8 Å². The molecule has 0 saturated carbocycles. The Morgan fingerprint density at radius 2 is 1.67 bits per heavy atom. The van der Waals surface area contributed by atoms with Gasteiger partial charge in [-0.1, -0.05) is 6.07 Å². The summed E-state index contributed by atoms with van der Waals surface area (Å²) < 4.78 is 2.14. The summed E-state index contributed by atoms with van der Waals surface area (Å²) in [5.74, 6) is 0.217. The molecule has 5 rings (SSSR count). The van der Waals surface area contributed by atoms with Crippen molar-refractivity contribution in [2.45, 2.75) is 12.1 Å². The Labute approximate surface area is 179 Å². The predicted molar refractivity (Wildman–Crippen MR) is 120 cm³/mol. The van der Waals surface area contributed by atoms with Crippen molar-refractivity contribution < 1.29 is 5.11 Å². The van der Waals surface area contributed by atoms with Gasteiger partial charge in [0.15, 0.2) is 5.11 Å². The molecule has 7 heteroatoms.